The molecule has 0 spiro atoms. The summed E-state index contributed by atoms with van der Waals surface area (Å²) in [5, 5.41) is 35.0. The van der Waals surface area contributed by atoms with Crippen LogP contribution in [0.3, 0.4) is 0 Å². The lowest BCUT2D eigenvalue weighted by molar-refractivity contribution is 0.252. The Hall–Kier alpha value is -3.05. The number of amides is 2. The first-order valence-corrected chi connectivity index (χ1v) is 8.57. The Morgan fingerprint density at radius 1 is 1.28 bits per heavy atom. The van der Waals surface area contributed by atoms with Crippen molar-refractivity contribution < 1.29 is 15.0 Å². The smallest absolute Gasteiger partial charge is 0.340 e. The summed E-state index contributed by atoms with van der Waals surface area (Å²) in [6.07, 6.45) is 5.33. The molecular formula is C17H16N4O3S. The second-order valence-electron chi connectivity index (χ2n) is 5.60. The lowest BCUT2D eigenvalue weighted by Gasteiger charge is -2.09. The lowest BCUT2D eigenvalue weighted by Crippen LogP contribution is -2.24. The molecule has 1 heterocycles. The Kier molecular flexibility index (Phi) is 4.86. The molecule has 0 atom stereocenters. The van der Waals surface area contributed by atoms with Crippen molar-refractivity contribution >= 4 is 28.6 Å². The Morgan fingerprint density at radius 2 is 2.08 bits per heavy atom. The maximum Gasteiger partial charge on any atom is 0.340 e. The van der Waals surface area contributed by atoms with Crippen LogP contribution in [0.25, 0.3) is 0 Å². The number of phenols is 2. The number of hydrogen-bond donors (Lipinski definition) is 4. The minimum atomic E-state index is -0.547. The summed E-state index contributed by atoms with van der Waals surface area (Å²) in [6, 6.07) is 5.82. The fraction of sp³-hybridized carbons (Fsp3) is 0.235. The molecule has 1 aromatic heterocycles. The van der Waals surface area contributed by atoms with Crippen molar-refractivity contribution in [2.45, 2.75) is 25.7 Å². The van der Waals surface area contributed by atoms with Gasteiger partial charge in [0.05, 0.1) is 11.8 Å². The maximum atomic E-state index is 12.0. The van der Waals surface area contributed by atoms with E-state index in [1.54, 1.807) is 6.07 Å². The molecule has 7 nitrogen and oxygen atoms in total. The van der Waals surface area contributed by atoms with E-state index in [-0.39, 0.29) is 11.5 Å². The Labute approximate surface area is 148 Å². The van der Waals surface area contributed by atoms with E-state index in [9.17, 15) is 20.3 Å². The molecule has 1 aliphatic carbocycles. The van der Waals surface area contributed by atoms with Crippen LogP contribution < -0.4 is 10.7 Å². The van der Waals surface area contributed by atoms with E-state index < -0.39 is 6.03 Å². The minimum Gasteiger partial charge on any atom is -0.504 e. The number of phenolic OH excluding ortho intramolecular Hbond substituents is 2. The summed E-state index contributed by atoms with van der Waals surface area (Å²) in [7, 11) is 0. The summed E-state index contributed by atoms with van der Waals surface area (Å²) in [5.74, 6) is -0.496. The van der Waals surface area contributed by atoms with E-state index in [1.807, 2.05) is 0 Å². The molecule has 0 unspecified atom stereocenters. The molecule has 0 saturated heterocycles. The Balaban J connectivity index is 1.65. The summed E-state index contributed by atoms with van der Waals surface area (Å²) in [4.78, 5) is 13.1. The molecule has 0 radical (unpaired) electrons. The number of benzene rings is 1. The van der Waals surface area contributed by atoms with Gasteiger partial charge in [0.25, 0.3) is 0 Å². The van der Waals surface area contributed by atoms with Gasteiger partial charge in [-0.15, -0.1) is 11.3 Å². The summed E-state index contributed by atoms with van der Waals surface area (Å²) < 4.78 is 0. The average molecular weight is 356 g/mol. The van der Waals surface area contributed by atoms with Gasteiger partial charge in [-0.1, -0.05) is 0 Å². The van der Waals surface area contributed by atoms with Gasteiger partial charge in [-0.2, -0.15) is 10.4 Å². The second kappa shape index (κ2) is 7.23. The van der Waals surface area contributed by atoms with Gasteiger partial charge in [0.15, 0.2) is 11.5 Å². The molecule has 1 aliphatic rings. The number of hydrazone groups is 1. The van der Waals surface area contributed by atoms with Crippen LogP contribution in [0, 0.1) is 11.3 Å². The van der Waals surface area contributed by atoms with Crippen LogP contribution >= 0.6 is 11.3 Å². The van der Waals surface area contributed by atoms with Crippen molar-refractivity contribution in [1.82, 2.24) is 5.43 Å². The van der Waals surface area contributed by atoms with Gasteiger partial charge >= 0.3 is 6.03 Å². The number of fused-ring (bicyclic) bond motifs is 1. The first-order chi connectivity index (χ1) is 12.1. The first-order valence-electron chi connectivity index (χ1n) is 7.75. The highest BCUT2D eigenvalue weighted by Gasteiger charge is 2.21. The van der Waals surface area contributed by atoms with Crippen LogP contribution in [-0.4, -0.2) is 22.5 Å². The number of aryl methyl sites for hydroxylation is 1. The molecule has 25 heavy (non-hydrogen) atoms. The van der Waals surface area contributed by atoms with E-state index in [2.05, 4.69) is 21.9 Å². The Bertz CT molecular complexity index is 883. The van der Waals surface area contributed by atoms with Crippen LogP contribution in [-0.2, 0) is 12.8 Å². The van der Waals surface area contributed by atoms with Crippen molar-refractivity contribution in [3.05, 3.63) is 39.8 Å². The number of thiophene rings is 1. The van der Waals surface area contributed by atoms with Gasteiger partial charge in [0, 0.05) is 4.88 Å². The van der Waals surface area contributed by atoms with E-state index in [0.717, 1.165) is 31.2 Å². The highest BCUT2D eigenvalue weighted by atomic mass is 32.1. The van der Waals surface area contributed by atoms with Crippen LogP contribution in [0.1, 0.15) is 34.4 Å². The predicted octanol–water partition coefficient (Wildman–Crippen LogP) is 3.07. The Morgan fingerprint density at radius 3 is 2.84 bits per heavy atom. The van der Waals surface area contributed by atoms with Crippen molar-refractivity contribution in [3.63, 3.8) is 0 Å². The quantitative estimate of drug-likeness (QED) is 0.384. The molecular weight excluding hydrogens is 340 g/mol. The normalized spacial score (nSPS) is 13.2. The third kappa shape index (κ3) is 3.72. The van der Waals surface area contributed by atoms with Gasteiger partial charge in [0.1, 0.15) is 11.1 Å². The fourth-order valence-corrected chi connectivity index (χ4v) is 3.92. The largest absolute Gasteiger partial charge is 0.504 e. The monoisotopic (exact) mass is 356 g/mol. The van der Waals surface area contributed by atoms with Gasteiger partial charge in [-0.3, -0.25) is 5.32 Å². The summed E-state index contributed by atoms with van der Waals surface area (Å²) in [5.41, 5.74) is 4.43. The number of nitrogens with zero attached hydrogens (tertiary/aromatic N) is 2. The number of hydrogen-bond acceptors (Lipinski definition) is 6. The molecule has 0 aliphatic heterocycles. The third-order valence-corrected chi connectivity index (χ3v) is 5.10. The number of anilines is 1. The minimum absolute atomic E-state index is 0.228. The molecule has 0 fully saturated rings. The van der Waals surface area contributed by atoms with Gasteiger partial charge in [0.2, 0.25) is 0 Å². The standard InChI is InChI=1S/C17H16N4O3S/c18-8-12-11-3-1-2-4-15(11)25-16(12)20-17(24)21-19-9-10-5-6-13(22)14(23)7-10/h5-7,9,22-23H,1-4H2,(H2,20,21,24)/b19-9+. The first kappa shape index (κ1) is 16.8. The number of urea groups is 1. The third-order valence-electron chi connectivity index (χ3n) is 3.89. The number of nitrogens with one attached hydrogen (secondary N) is 2. The number of carbonyl (C=O) groups is 1. The highest BCUT2D eigenvalue weighted by molar-refractivity contribution is 7.16. The molecule has 2 amide bonds. The van der Waals surface area contributed by atoms with E-state index >= 15 is 0 Å². The zero-order valence-electron chi connectivity index (χ0n) is 13.2. The van der Waals surface area contributed by atoms with Crippen LogP contribution in [0.4, 0.5) is 9.80 Å². The van der Waals surface area contributed by atoms with Crippen LogP contribution in [0.2, 0.25) is 0 Å². The average Bonchev–Trinajstić information content (AvgIpc) is 2.95. The molecule has 3 rings (SSSR count). The van der Waals surface area contributed by atoms with Crippen LogP contribution in [0.5, 0.6) is 11.5 Å². The number of nitriles is 1. The van der Waals surface area contributed by atoms with E-state index in [4.69, 9.17) is 0 Å². The fourth-order valence-electron chi connectivity index (χ4n) is 2.69. The van der Waals surface area contributed by atoms with Crippen molar-refractivity contribution in [2.24, 2.45) is 5.10 Å². The van der Waals surface area contributed by atoms with Crippen molar-refractivity contribution in [1.29, 1.82) is 5.26 Å². The highest BCUT2D eigenvalue weighted by Crippen LogP contribution is 2.37. The maximum absolute atomic E-state index is 12.0. The molecule has 128 valence electrons. The summed E-state index contributed by atoms with van der Waals surface area (Å²) >= 11 is 1.44. The topological polar surface area (TPSA) is 118 Å². The van der Waals surface area contributed by atoms with Crippen molar-refractivity contribution in [2.75, 3.05) is 5.32 Å². The van der Waals surface area contributed by atoms with Gasteiger partial charge < -0.3 is 10.2 Å². The van der Waals surface area contributed by atoms with Gasteiger partial charge in [-0.05, 0) is 55.0 Å². The zero-order chi connectivity index (χ0) is 17.8. The predicted molar refractivity (Wildman–Crippen MR) is 95.2 cm³/mol. The van der Waals surface area contributed by atoms with E-state index in [1.165, 1.54) is 34.6 Å². The number of aromatic hydroxyl groups is 2. The van der Waals surface area contributed by atoms with Gasteiger partial charge in [-0.25, -0.2) is 10.2 Å². The number of rotatable bonds is 3. The molecule has 4 N–H and O–H groups in total. The zero-order valence-corrected chi connectivity index (χ0v) is 14.1. The molecule has 0 saturated carbocycles. The molecule has 8 heteroatoms. The lowest BCUT2D eigenvalue weighted by atomic mass is 9.96. The van der Waals surface area contributed by atoms with Crippen molar-refractivity contribution in [3.8, 4) is 17.6 Å². The molecule has 1 aromatic carbocycles. The van der Waals surface area contributed by atoms with E-state index in [0.29, 0.717) is 16.1 Å². The second-order valence-corrected chi connectivity index (χ2v) is 6.70. The number of carbonyl (C=O) groups excluding carboxylic acids is 1. The SMILES string of the molecule is N#Cc1c(NC(=O)N/N=C/c2ccc(O)c(O)c2)sc2c1CCCC2. The summed E-state index contributed by atoms with van der Waals surface area (Å²) in [6.45, 7) is 0. The molecule has 2 aromatic rings. The molecule has 0 bridgehead atoms. The van der Waals surface area contributed by atoms with Crippen LogP contribution in [0.15, 0.2) is 23.3 Å².